The number of nitrogens with one attached hydrogen (secondary N) is 1. The van der Waals surface area contributed by atoms with Crippen LogP contribution >= 0.6 is 24.8 Å². The maximum absolute atomic E-state index is 12.6. The number of halogens is 5. The Labute approximate surface area is 170 Å². The fourth-order valence-electron chi connectivity index (χ4n) is 4.13. The highest BCUT2D eigenvalue weighted by Crippen LogP contribution is 2.43. The molecule has 0 bridgehead atoms. The molecule has 0 amide bonds. The fourth-order valence-corrected chi connectivity index (χ4v) is 4.13. The second kappa shape index (κ2) is 10.6. The third kappa shape index (κ3) is 6.59. The lowest BCUT2D eigenvalue weighted by atomic mass is 9.80. The van der Waals surface area contributed by atoms with E-state index < -0.39 is 6.36 Å². The molecule has 2 N–H and O–H groups in total. The minimum Gasteiger partial charge on any atom is -0.508 e. The van der Waals surface area contributed by atoms with Crippen molar-refractivity contribution in [1.29, 1.82) is 0 Å². The Hall–Kier alpha value is -0.890. The molecule has 0 unspecified atom stereocenters. The molecule has 4 nitrogen and oxygen atoms in total. The monoisotopic (exact) mass is 430 g/mol. The largest absolute Gasteiger partial charge is 0.573 e. The van der Waals surface area contributed by atoms with Gasteiger partial charge < -0.3 is 15.2 Å². The second-order valence-corrected chi connectivity index (χ2v) is 6.90. The summed E-state index contributed by atoms with van der Waals surface area (Å²) in [6, 6.07) is 3.78. The molecule has 0 radical (unpaired) electrons. The lowest BCUT2D eigenvalue weighted by molar-refractivity contribution is -0.274. The Bertz CT molecular complexity index is 560. The van der Waals surface area contributed by atoms with Gasteiger partial charge in [-0.1, -0.05) is 19.3 Å². The van der Waals surface area contributed by atoms with E-state index in [4.69, 9.17) is 0 Å². The number of alkyl halides is 3. The molecule has 1 aromatic carbocycles. The van der Waals surface area contributed by atoms with E-state index in [0.29, 0.717) is 11.5 Å². The van der Waals surface area contributed by atoms with Crippen LogP contribution in [0.15, 0.2) is 18.2 Å². The number of hydrogen-bond acceptors (Lipinski definition) is 4. The average molecular weight is 431 g/mol. The minimum atomic E-state index is -4.73. The molecule has 2 fully saturated rings. The summed E-state index contributed by atoms with van der Waals surface area (Å²) in [6.07, 6.45) is 0.813. The number of aromatic hydroxyl groups is 1. The predicted molar refractivity (Wildman–Crippen MR) is 103 cm³/mol. The van der Waals surface area contributed by atoms with Gasteiger partial charge in [-0.15, -0.1) is 38.0 Å². The summed E-state index contributed by atoms with van der Waals surface area (Å²) in [6.45, 7) is 3.35. The topological polar surface area (TPSA) is 44.7 Å². The Balaban J connectivity index is 0.00000182. The van der Waals surface area contributed by atoms with Crippen molar-refractivity contribution >= 4 is 24.8 Å². The van der Waals surface area contributed by atoms with Crippen LogP contribution in [0.2, 0.25) is 0 Å². The van der Waals surface area contributed by atoms with Crippen molar-refractivity contribution in [2.75, 3.05) is 26.2 Å². The summed E-state index contributed by atoms with van der Waals surface area (Å²) in [5.41, 5.74) is 0.551. The molecule has 3 rings (SSSR count). The van der Waals surface area contributed by atoms with E-state index in [1.165, 1.54) is 24.6 Å². The normalized spacial score (nSPS) is 20.3. The molecule has 1 aliphatic heterocycles. The van der Waals surface area contributed by atoms with Gasteiger partial charge in [0.05, 0.1) is 0 Å². The summed E-state index contributed by atoms with van der Waals surface area (Å²) in [7, 11) is 0. The summed E-state index contributed by atoms with van der Waals surface area (Å²) < 4.78 is 41.8. The number of rotatable bonds is 4. The van der Waals surface area contributed by atoms with Crippen molar-refractivity contribution < 1.29 is 23.0 Å². The first-order valence-corrected chi connectivity index (χ1v) is 8.97. The standard InChI is InChI=1S/C18H25F3N2O2.2ClH/c19-18(20,21)25-14-6-7-16(24)15(12-14)17(13-4-2-1-3-5-13)23-10-8-22-9-11-23;;/h6-7,12-13,17,22,24H,1-5,8-11H2;2*1H/t17-;;/m1../s1. The van der Waals surface area contributed by atoms with E-state index in [1.54, 1.807) is 0 Å². The van der Waals surface area contributed by atoms with Crippen LogP contribution in [-0.4, -0.2) is 42.5 Å². The van der Waals surface area contributed by atoms with E-state index >= 15 is 0 Å². The number of phenolic OH excluding ortho intramolecular Hbond substituents is 1. The molecule has 9 heteroatoms. The maximum Gasteiger partial charge on any atom is 0.573 e. The molecule has 156 valence electrons. The Kier molecular flexibility index (Phi) is 9.48. The summed E-state index contributed by atoms with van der Waals surface area (Å²) in [4.78, 5) is 2.29. The molecule has 0 aromatic heterocycles. The second-order valence-electron chi connectivity index (χ2n) is 6.90. The third-order valence-corrected chi connectivity index (χ3v) is 5.19. The molecule has 1 heterocycles. The van der Waals surface area contributed by atoms with E-state index in [9.17, 15) is 18.3 Å². The number of ether oxygens (including phenoxy) is 1. The van der Waals surface area contributed by atoms with Crippen LogP contribution in [-0.2, 0) is 0 Å². The van der Waals surface area contributed by atoms with Crippen molar-refractivity contribution in [1.82, 2.24) is 10.2 Å². The smallest absolute Gasteiger partial charge is 0.508 e. The maximum atomic E-state index is 12.6. The van der Waals surface area contributed by atoms with E-state index in [2.05, 4.69) is 15.0 Å². The highest BCUT2D eigenvalue weighted by molar-refractivity contribution is 5.85. The fraction of sp³-hybridized carbons (Fsp3) is 0.667. The van der Waals surface area contributed by atoms with Gasteiger partial charge in [0, 0.05) is 37.8 Å². The first kappa shape index (κ1) is 24.1. The molecule has 1 saturated carbocycles. The van der Waals surface area contributed by atoms with E-state index in [1.807, 2.05) is 0 Å². The summed E-state index contributed by atoms with van der Waals surface area (Å²) >= 11 is 0. The van der Waals surface area contributed by atoms with Crippen LogP contribution in [0.3, 0.4) is 0 Å². The van der Waals surface area contributed by atoms with Crippen molar-refractivity contribution in [2.24, 2.45) is 5.92 Å². The lowest BCUT2D eigenvalue weighted by Crippen LogP contribution is -2.47. The number of benzene rings is 1. The van der Waals surface area contributed by atoms with Gasteiger partial charge >= 0.3 is 6.36 Å². The number of nitrogens with zero attached hydrogens (tertiary/aromatic N) is 1. The van der Waals surface area contributed by atoms with Crippen LogP contribution in [0.1, 0.15) is 43.7 Å². The van der Waals surface area contributed by atoms with Gasteiger partial charge in [0.15, 0.2) is 0 Å². The van der Waals surface area contributed by atoms with E-state index in [0.717, 1.165) is 51.9 Å². The molecule has 1 atom stereocenters. The SMILES string of the molecule is Cl.Cl.Oc1ccc(OC(F)(F)F)cc1[C@@H](C1CCCCC1)N1CCNCC1. The van der Waals surface area contributed by atoms with Crippen LogP contribution < -0.4 is 10.1 Å². The number of piperazine rings is 1. The molecular weight excluding hydrogens is 404 g/mol. The van der Waals surface area contributed by atoms with Gasteiger partial charge in [-0.2, -0.15) is 0 Å². The van der Waals surface area contributed by atoms with Gasteiger partial charge in [0.2, 0.25) is 0 Å². The molecule has 0 spiro atoms. The quantitative estimate of drug-likeness (QED) is 0.728. The predicted octanol–water partition coefficient (Wildman–Crippen LogP) is 4.66. The lowest BCUT2D eigenvalue weighted by Gasteiger charge is -2.41. The van der Waals surface area contributed by atoms with E-state index in [-0.39, 0.29) is 42.4 Å². The molecule has 1 saturated heterocycles. The van der Waals surface area contributed by atoms with Crippen LogP contribution in [0.25, 0.3) is 0 Å². The number of phenols is 1. The zero-order valence-corrected chi connectivity index (χ0v) is 16.6. The Morgan fingerprint density at radius 3 is 2.30 bits per heavy atom. The number of hydrogen-bond donors (Lipinski definition) is 2. The molecule has 2 aliphatic rings. The molecular formula is C18H27Cl2F3N2O2. The first-order valence-electron chi connectivity index (χ1n) is 8.97. The molecule has 1 aliphatic carbocycles. The average Bonchev–Trinajstić information content (AvgIpc) is 2.59. The van der Waals surface area contributed by atoms with Crippen LogP contribution in [0.4, 0.5) is 13.2 Å². The highest BCUT2D eigenvalue weighted by Gasteiger charge is 2.35. The van der Waals surface area contributed by atoms with Crippen LogP contribution in [0, 0.1) is 5.92 Å². The molecule has 1 aromatic rings. The third-order valence-electron chi connectivity index (χ3n) is 5.19. The Morgan fingerprint density at radius 1 is 1.07 bits per heavy atom. The zero-order chi connectivity index (χ0) is 17.9. The van der Waals surface area contributed by atoms with Crippen LogP contribution in [0.5, 0.6) is 11.5 Å². The zero-order valence-electron chi connectivity index (χ0n) is 15.0. The molecule has 27 heavy (non-hydrogen) atoms. The van der Waals surface area contributed by atoms with Crippen molar-refractivity contribution in [3.63, 3.8) is 0 Å². The van der Waals surface area contributed by atoms with Gasteiger partial charge in [0.1, 0.15) is 11.5 Å². The van der Waals surface area contributed by atoms with Gasteiger partial charge in [-0.3, -0.25) is 4.90 Å². The van der Waals surface area contributed by atoms with Crippen molar-refractivity contribution in [3.05, 3.63) is 23.8 Å². The van der Waals surface area contributed by atoms with Gasteiger partial charge in [-0.25, -0.2) is 0 Å². The van der Waals surface area contributed by atoms with Crippen molar-refractivity contribution in [3.8, 4) is 11.5 Å². The summed E-state index contributed by atoms with van der Waals surface area (Å²) in [5, 5.41) is 13.7. The van der Waals surface area contributed by atoms with Gasteiger partial charge in [0.25, 0.3) is 0 Å². The highest BCUT2D eigenvalue weighted by atomic mass is 35.5. The summed E-state index contributed by atoms with van der Waals surface area (Å²) in [5.74, 6) is 0.124. The minimum absolute atomic E-state index is 0. The first-order chi connectivity index (χ1) is 11.9. The van der Waals surface area contributed by atoms with Gasteiger partial charge in [-0.05, 0) is 37.0 Å². The van der Waals surface area contributed by atoms with Crippen molar-refractivity contribution in [2.45, 2.75) is 44.5 Å². The Morgan fingerprint density at radius 2 is 1.70 bits per heavy atom.